The van der Waals surface area contributed by atoms with Gasteiger partial charge in [-0.15, -0.1) is 0 Å². The van der Waals surface area contributed by atoms with Crippen molar-refractivity contribution in [3.63, 3.8) is 0 Å². The molecule has 3 rings (SSSR count). The summed E-state index contributed by atoms with van der Waals surface area (Å²) in [5.41, 5.74) is 2.14. The van der Waals surface area contributed by atoms with Crippen molar-refractivity contribution >= 4 is 23.0 Å². The zero-order chi connectivity index (χ0) is 18.5. The molecule has 0 aliphatic carbocycles. The summed E-state index contributed by atoms with van der Waals surface area (Å²) in [7, 11) is 0. The van der Waals surface area contributed by atoms with Crippen molar-refractivity contribution in [2.75, 3.05) is 37.7 Å². The molecule has 0 atom stereocenters. The number of nitrogens with zero attached hydrogens (tertiary/aromatic N) is 3. The van der Waals surface area contributed by atoms with Gasteiger partial charge in [-0.25, -0.2) is 0 Å². The summed E-state index contributed by atoms with van der Waals surface area (Å²) in [6.07, 6.45) is 0. The Balaban J connectivity index is 1.56. The van der Waals surface area contributed by atoms with Gasteiger partial charge in [-0.05, 0) is 30.7 Å². The summed E-state index contributed by atoms with van der Waals surface area (Å²) in [4.78, 5) is 15.0. The van der Waals surface area contributed by atoms with Crippen LogP contribution >= 0.6 is 11.6 Å². The molecule has 1 heterocycles. The van der Waals surface area contributed by atoms with E-state index in [1.54, 1.807) is 6.07 Å². The van der Waals surface area contributed by atoms with Gasteiger partial charge in [0.2, 0.25) is 0 Å². The number of ether oxygens (including phenoxy) is 1. The van der Waals surface area contributed by atoms with Crippen LogP contribution in [-0.4, -0.2) is 42.6 Å². The third-order valence-corrected chi connectivity index (χ3v) is 4.80. The molecule has 26 heavy (non-hydrogen) atoms. The van der Waals surface area contributed by atoms with Gasteiger partial charge < -0.3 is 9.64 Å². The van der Waals surface area contributed by atoms with Crippen LogP contribution in [0.2, 0.25) is 5.02 Å². The zero-order valence-corrected chi connectivity index (χ0v) is 15.5. The van der Waals surface area contributed by atoms with Gasteiger partial charge in [-0.1, -0.05) is 23.7 Å². The number of rotatable bonds is 6. The van der Waals surface area contributed by atoms with Gasteiger partial charge in [-0.3, -0.25) is 15.0 Å². The van der Waals surface area contributed by atoms with Crippen molar-refractivity contribution in [3.05, 3.63) is 63.2 Å². The number of nitro groups is 1. The van der Waals surface area contributed by atoms with Gasteiger partial charge in [0.05, 0.1) is 22.2 Å². The Bertz CT molecular complexity index is 759. The summed E-state index contributed by atoms with van der Waals surface area (Å²) in [6, 6.07) is 12.9. The second kappa shape index (κ2) is 8.38. The summed E-state index contributed by atoms with van der Waals surface area (Å²) in [5, 5.41) is 11.3. The first kappa shape index (κ1) is 18.5. The van der Waals surface area contributed by atoms with Gasteiger partial charge in [0.15, 0.2) is 0 Å². The number of piperazine rings is 1. The molecule has 138 valence electrons. The lowest BCUT2D eigenvalue weighted by Crippen LogP contribution is -2.46. The topological polar surface area (TPSA) is 58.8 Å². The number of hydrogen-bond acceptors (Lipinski definition) is 5. The Labute approximate surface area is 158 Å². The highest BCUT2D eigenvalue weighted by Crippen LogP contribution is 2.30. The molecule has 0 N–H and O–H groups in total. The molecule has 0 spiro atoms. The van der Waals surface area contributed by atoms with Crippen LogP contribution in [0.25, 0.3) is 0 Å². The maximum absolute atomic E-state index is 10.8. The number of benzene rings is 2. The minimum absolute atomic E-state index is 0.0212. The van der Waals surface area contributed by atoms with Gasteiger partial charge in [0.1, 0.15) is 5.75 Å². The van der Waals surface area contributed by atoms with E-state index < -0.39 is 4.92 Å². The Kier molecular flexibility index (Phi) is 5.96. The maximum Gasteiger partial charge on any atom is 0.271 e. The Hall–Kier alpha value is -2.31. The van der Waals surface area contributed by atoms with E-state index in [0.29, 0.717) is 11.6 Å². The highest BCUT2D eigenvalue weighted by atomic mass is 35.5. The lowest BCUT2D eigenvalue weighted by Gasteiger charge is -2.36. The molecule has 1 fully saturated rings. The third-order valence-electron chi connectivity index (χ3n) is 4.50. The number of halogens is 1. The fourth-order valence-corrected chi connectivity index (χ4v) is 3.42. The molecule has 0 radical (unpaired) electrons. The van der Waals surface area contributed by atoms with E-state index >= 15 is 0 Å². The monoisotopic (exact) mass is 375 g/mol. The predicted molar refractivity (Wildman–Crippen MR) is 103 cm³/mol. The average Bonchev–Trinajstić information content (AvgIpc) is 2.64. The first-order valence-electron chi connectivity index (χ1n) is 8.70. The first-order chi connectivity index (χ1) is 12.6. The smallest absolute Gasteiger partial charge is 0.271 e. The van der Waals surface area contributed by atoms with Gasteiger partial charge in [0, 0.05) is 44.9 Å². The van der Waals surface area contributed by atoms with Crippen LogP contribution < -0.4 is 9.64 Å². The normalized spacial score (nSPS) is 15.1. The molecule has 2 aromatic rings. The average molecular weight is 376 g/mol. The summed E-state index contributed by atoms with van der Waals surface area (Å²) >= 11 is 6.24. The fourth-order valence-electron chi connectivity index (χ4n) is 3.13. The van der Waals surface area contributed by atoms with Crippen LogP contribution in [-0.2, 0) is 6.54 Å². The van der Waals surface area contributed by atoms with Gasteiger partial charge in [-0.2, -0.15) is 0 Å². The van der Waals surface area contributed by atoms with Crippen LogP contribution in [0.4, 0.5) is 11.4 Å². The highest BCUT2D eigenvalue weighted by molar-refractivity contribution is 6.33. The molecular formula is C19H22ClN3O3. The van der Waals surface area contributed by atoms with E-state index in [9.17, 15) is 10.1 Å². The minimum Gasteiger partial charge on any atom is -0.494 e. The molecule has 0 amide bonds. The molecule has 0 bridgehead atoms. The van der Waals surface area contributed by atoms with Crippen molar-refractivity contribution in [1.82, 2.24) is 4.90 Å². The second-order valence-corrected chi connectivity index (χ2v) is 6.64. The molecule has 7 heteroatoms. The van der Waals surface area contributed by atoms with Crippen molar-refractivity contribution in [3.8, 4) is 5.75 Å². The molecule has 0 saturated carbocycles. The zero-order valence-electron chi connectivity index (χ0n) is 14.7. The second-order valence-electron chi connectivity index (χ2n) is 6.23. The number of nitro benzene ring substituents is 1. The number of hydrogen-bond donors (Lipinski definition) is 0. The molecule has 2 aromatic carbocycles. The third kappa shape index (κ3) is 4.45. The van der Waals surface area contributed by atoms with E-state index in [1.165, 1.54) is 17.7 Å². The number of anilines is 1. The largest absolute Gasteiger partial charge is 0.494 e. The van der Waals surface area contributed by atoms with Crippen LogP contribution in [0.1, 0.15) is 12.5 Å². The molecular weight excluding hydrogens is 354 g/mol. The SMILES string of the molecule is CCOc1ccc(CN2CCN(c3ccc([N+](=O)[O-])cc3Cl)CC2)cc1. The predicted octanol–water partition coefficient (Wildman–Crippen LogP) is 3.97. The Morgan fingerprint density at radius 3 is 2.38 bits per heavy atom. The Morgan fingerprint density at radius 1 is 1.12 bits per heavy atom. The molecule has 1 aliphatic rings. The van der Waals surface area contributed by atoms with E-state index in [0.717, 1.165) is 44.2 Å². The van der Waals surface area contributed by atoms with Crippen molar-refractivity contribution in [2.45, 2.75) is 13.5 Å². The van der Waals surface area contributed by atoms with Crippen molar-refractivity contribution in [2.24, 2.45) is 0 Å². The highest BCUT2D eigenvalue weighted by Gasteiger charge is 2.20. The fraction of sp³-hybridized carbons (Fsp3) is 0.368. The van der Waals surface area contributed by atoms with Crippen molar-refractivity contribution < 1.29 is 9.66 Å². The lowest BCUT2D eigenvalue weighted by atomic mass is 10.1. The van der Waals surface area contributed by atoms with E-state index in [1.807, 2.05) is 19.1 Å². The maximum atomic E-state index is 10.8. The van der Waals surface area contributed by atoms with Crippen LogP contribution in [0, 0.1) is 10.1 Å². The lowest BCUT2D eigenvalue weighted by molar-refractivity contribution is -0.384. The van der Waals surface area contributed by atoms with E-state index in [2.05, 4.69) is 21.9 Å². The summed E-state index contributed by atoms with van der Waals surface area (Å²) < 4.78 is 5.47. The Morgan fingerprint density at radius 2 is 1.81 bits per heavy atom. The first-order valence-corrected chi connectivity index (χ1v) is 9.07. The summed E-state index contributed by atoms with van der Waals surface area (Å²) in [5.74, 6) is 0.897. The van der Waals surface area contributed by atoms with Crippen LogP contribution in [0.15, 0.2) is 42.5 Å². The van der Waals surface area contributed by atoms with Crippen molar-refractivity contribution in [1.29, 1.82) is 0 Å². The minimum atomic E-state index is -0.426. The molecule has 1 saturated heterocycles. The molecule has 0 unspecified atom stereocenters. The van der Waals surface area contributed by atoms with E-state index in [4.69, 9.17) is 16.3 Å². The quantitative estimate of drug-likeness (QED) is 0.564. The van der Waals surface area contributed by atoms with E-state index in [-0.39, 0.29) is 5.69 Å². The van der Waals surface area contributed by atoms with Crippen LogP contribution in [0.5, 0.6) is 5.75 Å². The molecule has 6 nitrogen and oxygen atoms in total. The molecule has 0 aromatic heterocycles. The van der Waals surface area contributed by atoms with Gasteiger partial charge >= 0.3 is 0 Å². The van der Waals surface area contributed by atoms with Crippen LogP contribution in [0.3, 0.4) is 0 Å². The standard InChI is InChI=1S/C19H22ClN3O3/c1-2-26-17-6-3-15(4-7-17)14-21-9-11-22(12-10-21)19-8-5-16(23(24)25)13-18(19)20/h3-8,13H,2,9-12,14H2,1H3. The summed E-state index contributed by atoms with van der Waals surface area (Å²) in [6.45, 7) is 7.06. The number of non-ortho nitro benzene ring substituents is 1. The van der Waals surface area contributed by atoms with Gasteiger partial charge in [0.25, 0.3) is 5.69 Å². The molecule has 1 aliphatic heterocycles.